The van der Waals surface area contributed by atoms with Gasteiger partial charge in [-0.1, -0.05) is 11.8 Å². The van der Waals surface area contributed by atoms with Crippen LogP contribution in [0.4, 0.5) is 0 Å². The second kappa shape index (κ2) is 5.91. The van der Waals surface area contributed by atoms with Crippen molar-refractivity contribution in [1.82, 2.24) is 0 Å². The number of aliphatic hydroxyl groups is 1. The molecule has 1 aromatic rings. The molecule has 0 amide bonds. The van der Waals surface area contributed by atoms with Crippen molar-refractivity contribution < 1.29 is 19.3 Å². The molecule has 0 spiro atoms. The molecule has 0 heterocycles. The van der Waals surface area contributed by atoms with Crippen LogP contribution in [0.2, 0.25) is 0 Å². The topological polar surface area (TPSA) is 47.9 Å². The summed E-state index contributed by atoms with van der Waals surface area (Å²) < 4.78 is 15.7. The third-order valence-electron chi connectivity index (χ3n) is 2.57. The highest BCUT2D eigenvalue weighted by molar-refractivity contribution is 8.14. The van der Waals surface area contributed by atoms with Crippen LogP contribution in [0.3, 0.4) is 0 Å². The fraction of sp³-hybridized carbons (Fsp3) is 0.500. The van der Waals surface area contributed by atoms with Gasteiger partial charge in [0.05, 0.1) is 21.3 Å². The second-order valence-electron chi connectivity index (χ2n) is 4.27. The first-order chi connectivity index (χ1) is 8.35. The Kier molecular flexibility index (Phi) is 5.02. The first-order valence-electron chi connectivity index (χ1n) is 5.37. The van der Waals surface area contributed by atoms with Crippen LogP contribution in [0.25, 0.3) is 0 Å². The van der Waals surface area contributed by atoms with E-state index < -0.39 is 11.9 Å². The molecule has 0 fully saturated rings. The Morgan fingerprint density at radius 2 is 1.50 bits per heavy atom. The van der Waals surface area contributed by atoms with Gasteiger partial charge in [-0.05, 0) is 37.1 Å². The Morgan fingerprint density at radius 1 is 1.06 bits per heavy atom. The van der Waals surface area contributed by atoms with Crippen molar-refractivity contribution in [2.24, 2.45) is 0 Å². The van der Waals surface area contributed by atoms with Crippen LogP contribution >= 0.6 is 6.04 Å². The van der Waals surface area contributed by atoms with E-state index in [1.165, 1.54) is 0 Å². The predicted octanol–water partition coefficient (Wildman–Crippen LogP) is 2.44. The van der Waals surface area contributed by atoms with Crippen LogP contribution in [0.1, 0.15) is 11.4 Å². The quantitative estimate of drug-likeness (QED) is 0.844. The highest BCUT2D eigenvalue weighted by Gasteiger charge is 2.22. The van der Waals surface area contributed by atoms with Gasteiger partial charge in [-0.2, -0.15) is 0 Å². The molecule has 4 nitrogen and oxygen atoms in total. The molecule has 1 rings (SSSR count). The molecule has 0 aliphatic heterocycles. The maximum absolute atomic E-state index is 10.3. The molecule has 0 aliphatic rings. The Hall–Kier alpha value is -0.770. The van der Waals surface area contributed by atoms with Crippen LogP contribution in [0.15, 0.2) is 12.1 Å². The van der Waals surface area contributed by atoms with Gasteiger partial charge in [0.2, 0.25) is 5.75 Å². The third-order valence-corrected chi connectivity index (χ3v) is 4.65. The number of hydrogen-bond acceptors (Lipinski definition) is 5. The lowest BCUT2D eigenvalue weighted by atomic mass is 10.2. The van der Waals surface area contributed by atoms with Crippen molar-refractivity contribution >= 4 is 17.8 Å². The molecule has 18 heavy (non-hydrogen) atoms. The first kappa shape index (κ1) is 15.3. The van der Waals surface area contributed by atoms with Crippen LogP contribution in [0.5, 0.6) is 17.2 Å². The van der Waals surface area contributed by atoms with Gasteiger partial charge in [-0.3, -0.25) is 0 Å². The molecule has 0 radical (unpaired) electrons. The second-order valence-corrected chi connectivity index (χ2v) is 10.4. The maximum atomic E-state index is 10.3. The Balaban J connectivity index is 3.36. The number of methoxy groups -OCH3 is 3. The summed E-state index contributed by atoms with van der Waals surface area (Å²) in [5, 5.41) is 10.3. The van der Waals surface area contributed by atoms with E-state index in [-0.39, 0.29) is 0 Å². The fourth-order valence-corrected chi connectivity index (χ4v) is 2.84. The zero-order chi connectivity index (χ0) is 13.9. The Labute approximate surface area is 113 Å². The summed E-state index contributed by atoms with van der Waals surface area (Å²) in [7, 11) is 4.63. The predicted molar refractivity (Wildman–Crippen MR) is 77.2 cm³/mol. The van der Waals surface area contributed by atoms with Crippen molar-refractivity contribution in [2.75, 3.05) is 34.7 Å². The van der Waals surface area contributed by atoms with E-state index in [2.05, 4.69) is 0 Å². The summed E-state index contributed by atoms with van der Waals surface area (Å²) >= 11 is 5.36. The Morgan fingerprint density at radius 3 is 1.78 bits per heavy atom. The van der Waals surface area contributed by atoms with Crippen LogP contribution in [-0.4, -0.2) is 39.8 Å². The van der Waals surface area contributed by atoms with E-state index >= 15 is 0 Å². The number of rotatable bonds is 5. The zero-order valence-electron chi connectivity index (χ0n) is 11.3. The van der Waals surface area contributed by atoms with Gasteiger partial charge in [0.25, 0.3) is 0 Å². The van der Waals surface area contributed by atoms with Crippen molar-refractivity contribution in [3.63, 3.8) is 0 Å². The molecule has 102 valence electrons. The van der Waals surface area contributed by atoms with Crippen LogP contribution in [0, 0.1) is 0 Å². The molecule has 1 aromatic carbocycles. The third kappa shape index (κ3) is 3.16. The number of hydrogen-bond donors (Lipinski definition) is 1. The van der Waals surface area contributed by atoms with Crippen molar-refractivity contribution in [3.8, 4) is 17.2 Å². The molecular weight excluding hydrogens is 271 g/mol. The minimum atomic E-state index is -1.83. The summed E-state index contributed by atoms with van der Waals surface area (Å²) in [5.41, 5.74) is 0.692. The van der Waals surface area contributed by atoms with Crippen LogP contribution in [-0.2, 0) is 11.8 Å². The molecule has 1 unspecified atom stereocenters. The van der Waals surface area contributed by atoms with Gasteiger partial charge in [0, 0.05) is 0 Å². The average Bonchev–Trinajstić information content (AvgIpc) is 2.34. The molecule has 0 aromatic heterocycles. The van der Waals surface area contributed by atoms with Crippen LogP contribution < -0.4 is 14.2 Å². The summed E-state index contributed by atoms with van der Waals surface area (Å²) in [4.78, 5) is 0. The maximum Gasteiger partial charge on any atom is 0.203 e. The van der Waals surface area contributed by atoms with E-state index in [0.717, 1.165) is 0 Å². The van der Waals surface area contributed by atoms with E-state index in [0.29, 0.717) is 22.8 Å². The lowest BCUT2D eigenvalue weighted by molar-refractivity contribution is 0.261. The largest absolute Gasteiger partial charge is 0.493 e. The fourth-order valence-electron chi connectivity index (χ4n) is 1.61. The average molecular weight is 290 g/mol. The minimum absolute atomic E-state index is 0.511. The smallest absolute Gasteiger partial charge is 0.203 e. The summed E-state index contributed by atoms with van der Waals surface area (Å²) in [5.74, 6) is 0.876. The van der Waals surface area contributed by atoms with E-state index in [1.54, 1.807) is 33.5 Å². The van der Waals surface area contributed by atoms with Crippen molar-refractivity contribution in [3.05, 3.63) is 17.7 Å². The number of aliphatic hydroxyl groups excluding tert-OH is 1. The standard InChI is InChI=1S/C12H19O4PS/c1-14-9-6-8(12(13)17(4,5)18)7-10(15-2)11(9)16-3/h6-7,12-13H,1-5H3. The molecule has 1 N–H and O–H groups in total. The Bertz CT molecular complexity index is 444. The van der Waals surface area contributed by atoms with Gasteiger partial charge in [0.1, 0.15) is 5.85 Å². The highest BCUT2D eigenvalue weighted by Crippen LogP contribution is 2.53. The lowest BCUT2D eigenvalue weighted by Crippen LogP contribution is -2.01. The highest BCUT2D eigenvalue weighted by atomic mass is 32.4. The monoisotopic (exact) mass is 290 g/mol. The van der Waals surface area contributed by atoms with Gasteiger partial charge in [-0.25, -0.2) is 0 Å². The summed E-state index contributed by atoms with van der Waals surface area (Å²) in [6.07, 6.45) is 0. The van der Waals surface area contributed by atoms with Gasteiger partial charge < -0.3 is 19.3 Å². The molecule has 0 saturated heterocycles. The van der Waals surface area contributed by atoms with E-state index in [4.69, 9.17) is 26.0 Å². The van der Waals surface area contributed by atoms with Gasteiger partial charge >= 0.3 is 0 Å². The summed E-state index contributed by atoms with van der Waals surface area (Å²) in [6, 6.07) is 1.65. The number of benzene rings is 1. The molecular formula is C12H19O4PS. The lowest BCUT2D eigenvalue weighted by Gasteiger charge is -2.21. The normalized spacial score (nSPS) is 13.0. The zero-order valence-corrected chi connectivity index (χ0v) is 13.0. The SMILES string of the molecule is COc1cc(C(O)P(C)(C)=S)cc(OC)c1OC. The molecule has 0 aliphatic carbocycles. The van der Waals surface area contributed by atoms with E-state index in [1.807, 2.05) is 13.3 Å². The van der Waals surface area contributed by atoms with Crippen molar-refractivity contribution in [2.45, 2.75) is 5.85 Å². The number of ether oxygens (including phenoxy) is 3. The molecule has 0 bridgehead atoms. The van der Waals surface area contributed by atoms with Crippen molar-refractivity contribution in [1.29, 1.82) is 0 Å². The van der Waals surface area contributed by atoms with E-state index in [9.17, 15) is 5.11 Å². The first-order valence-corrected chi connectivity index (χ1v) is 9.14. The van der Waals surface area contributed by atoms with Gasteiger partial charge in [-0.15, -0.1) is 0 Å². The van der Waals surface area contributed by atoms with Gasteiger partial charge in [0.15, 0.2) is 11.5 Å². The minimum Gasteiger partial charge on any atom is -0.493 e. The molecule has 1 atom stereocenters. The molecule has 6 heteroatoms. The summed E-state index contributed by atoms with van der Waals surface area (Å²) in [6.45, 7) is 3.80. The molecule has 0 saturated carbocycles.